The molecule has 0 heterocycles. The van der Waals surface area contributed by atoms with Crippen molar-refractivity contribution >= 4 is 5.69 Å². The highest BCUT2D eigenvalue weighted by Gasteiger charge is 2.21. The number of hydrogen-bond donors (Lipinski definition) is 1. The number of nitrogens with zero attached hydrogens (tertiary/aromatic N) is 1. The molecule has 1 unspecified atom stereocenters. The number of benzene rings is 1. The van der Waals surface area contributed by atoms with Gasteiger partial charge in [-0.05, 0) is 50.4 Å². The first kappa shape index (κ1) is 13.3. The molecule has 1 aliphatic rings. The second kappa shape index (κ2) is 6.19. The van der Waals surface area contributed by atoms with Gasteiger partial charge >= 0.3 is 0 Å². The van der Waals surface area contributed by atoms with Crippen molar-refractivity contribution in [3.05, 3.63) is 30.1 Å². The van der Waals surface area contributed by atoms with Gasteiger partial charge in [0, 0.05) is 24.8 Å². The van der Waals surface area contributed by atoms with E-state index in [1.807, 2.05) is 6.07 Å². The maximum atomic E-state index is 13.2. The fraction of sp³-hybridized carbons (Fsp3) is 0.600. The van der Waals surface area contributed by atoms with Crippen molar-refractivity contribution in [2.75, 3.05) is 24.5 Å². The van der Waals surface area contributed by atoms with Crippen LogP contribution in [-0.4, -0.2) is 25.7 Å². The predicted octanol–water partition coefficient (Wildman–Crippen LogP) is 3.04. The number of anilines is 1. The minimum atomic E-state index is -0.158. The molecule has 1 saturated carbocycles. The van der Waals surface area contributed by atoms with E-state index in [-0.39, 0.29) is 5.82 Å². The van der Waals surface area contributed by atoms with Gasteiger partial charge in [-0.3, -0.25) is 0 Å². The first-order valence-corrected chi connectivity index (χ1v) is 6.93. The van der Waals surface area contributed by atoms with E-state index in [1.165, 1.54) is 18.9 Å². The Morgan fingerprint density at radius 2 is 2.22 bits per heavy atom. The second-order valence-electron chi connectivity index (χ2n) is 5.31. The zero-order valence-electron chi connectivity index (χ0n) is 11.3. The van der Waals surface area contributed by atoms with E-state index in [4.69, 9.17) is 0 Å². The van der Waals surface area contributed by atoms with E-state index in [0.29, 0.717) is 5.92 Å². The Morgan fingerprint density at radius 1 is 1.44 bits per heavy atom. The largest absolute Gasteiger partial charge is 0.371 e. The van der Waals surface area contributed by atoms with E-state index < -0.39 is 0 Å². The number of nitrogens with one attached hydrogen (secondary N) is 1. The fourth-order valence-electron chi connectivity index (χ4n) is 2.19. The van der Waals surface area contributed by atoms with Crippen LogP contribution in [0.1, 0.15) is 26.7 Å². The van der Waals surface area contributed by atoms with Crippen molar-refractivity contribution in [1.29, 1.82) is 0 Å². The van der Waals surface area contributed by atoms with Gasteiger partial charge in [-0.2, -0.15) is 0 Å². The Hall–Kier alpha value is -1.09. The van der Waals surface area contributed by atoms with Gasteiger partial charge in [-0.1, -0.05) is 13.0 Å². The fourth-order valence-corrected chi connectivity index (χ4v) is 2.19. The lowest BCUT2D eigenvalue weighted by molar-refractivity contribution is 0.504. The van der Waals surface area contributed by atoms with Crippen LogP contribution >= 0.6 is 0 Å². The van der Waals surface area contributed by atoms with Gasteiger partial charge in [0.15, 0.2) is 0 Å². The van der Waals surface area contributed by atoms with E-state index in [0.717, 1.165) is 31.4 Å². The van der Waals surface area contributed by atoms with Crippen LogP contribution in [0.15, 0.2) is 24.3 Å². The highest BCUT2D eigenvalue weighted by Crippen LogP contribution is 2.20. The summed E-state index contributed by atoms with van der Waals surface area (Å²) >= 11 is 0. The smallest absolute Gasteiger partial charge is 0.125 e. The van der Waals surface area contributed by atoms with Crippen LogP contribution in [0, 0.1) is 11.7 Å². The second-order valence-corrected chi connectivity index (χ2v) is 5.31. The first-order chi connectivity index (χ1) is 8.69. The topological polar surface area (TPSA) is 15.3 Å². The monoisotopic (exact) mass is 250 g/mol. The van der Waals surface area contributed by atoms with Crippen molar-refractivity contribution in [2.45, 2.75) is 32.7 Å². The Morgan fingerprint density at radius 3 is 2.83 bits per heavy atom. The predicted molar refractivity (Wildman–Crippen MR) is 74.5 cm³/mol. The molecule has 0 bridgehead atoms. The molecule has 100 valence electrons. The van der Waals surface area contributed by atoms with Gasteiger partial charge in [0.05, 0.1) is 0 Å². The molecule has 3 heteroatoms. The van der Waals surface area contributed by atoms with Crippen LogP contribution in [0.2, 0.25) is 0 Å². The van der Waals surface area contributed by atoms with Crippen LogP contribution in [0.4, 0.5) is 10.1 Å². The molecule has 1 N–H and O–H groups in total. The van der Waals surface area contributed by atoms with Crippen molar-refractivity contribution in [3.63, 3.8) is 0 Å². The Kier molecular flexibility index (Phi) is 4.59. The number of halogens is 1. The molecule has 1 atom stereocenters. The summed E-state index contributed by atoms with van der Waals surface area (Å²) in [5.41, 5.74) is 0.982. The first-order valence-electron chi connectivity index (χ1n) is 6.93. The minimum absolute atomic E-state index is 0.158. The minimum Gasteiger partial charge on any atom is -0.371 e. The summed E-state index contributed by atoms with van der Waals surface area (Å²) in [4.78, 5) is 2.24. The van der Waals surface area contributed by atoms with Gasteiger partial charge in [0.25, 0.3) is 0 Å². The van der Waals surface area contributed by atoms with Crippen LogP contribution < -0.4 is 10.2 Å². The molecule has 1 aliphatic carbocycles. The molecule has 1 fully saturated rings. The zero-order chi connectivity index (χ0) is 13.0. The molecule has 0 spiro atoms. The van der Waals surface area contributed by atoms with Crippen LogP contribution in [0.5, 0.6) is 0 Å². The molecule has 1 aromatic carbocycles. The molecular weight excluding hydrogens is 227 g/mol. The summed E-state index contributed by atoms with van der Waals surface area (Å²) in [6, 6.07) is 7.63. The highest BCUT2D eigenvalue weighted by molar-refractivity contribution is 5.46. The van der Waals surface area contributed by atoms with Crippen LogP contribution in [-0.2, 0) is 0 Å². The Bertz CT molecular complexity index is 377. The van der Waals surface area contributed by atoms with Gasteiger partial charge in [0.1, 0.15) is 5.82 Å². The lowest BCUT2D eigenvalue weighted by Gasteiger charge is -2.27. The number of hydrogen-bond acceptors (Lipinski definition) is 2. The average molecular weight is 250 g/mol. The van der Waals surface area contributed by atoms with Gasteiger partial charge in [-0.15, -0.1) is 0 Å². The molecular formula is C15H23FN2. The van der Waals surface area contributed by atoms with E-state index in [2.05, 4.69) is 24.1 Å². The normalized spacial score (nSPS) is 16.6. The lowest BCUT2D eigenvalue weighted by atomic mass is 10.1. The molecule has 0 aliphatic heterocycles. The standard InChI is InChI=1S/C15H23FN2/c1-3-18(15-6-4-5-13(16)9-15)11-12(2)10-17-14-7-8-14/h4-6,9,12,14,17H,3,7-8,10-11H2,1-2H3. The summed E-state index contributed by atoms with van der Waals surface area (Å²) in [6.07, 6.45) is 2.65. The van der Waals surface area contributed by atoms with Gasteiger partial charge in [-0.25, -0.2) is 4.39 Å². The Balaban J connectivity index is 1.87. The summed E-state index contributed by atoms with van der Waals surface area (Å²) in [7, 11) is 0. The molecule has 2 nitrogen and oxygen atoms in total. The average Bonchev–Trinajstić information content (AvgIpc) is 3.17. The molecule has 1 aromatic rings. The third-order valence-corrected chi connectivity index (χ3v) is 3.42. The van der Waals surface area contributed by atoms with Gasteiger partial charge in [0.2, 0.25) is 0 Å². The summed E-state index contributed by atoms with van der Waals surface area (Å²) in [6.45, 7) is 7.30. The van der Waals surface area contributed by atoms with E-state index in [9.17, 15) is 4.39 Å². The molecule has 0 saturated heterocycles. The van der Waals surface area contributed by atoms with Crippen molar-refractivity contribution in [1.82, 2.24) is 5.32 Å². The van der Waals surface area contributed by atoms with E-state index >= 15 is 0 Å². The zero-order valence-corrected chi connectivity index (χ0v) is 11.3. The number of rotatable bonds is 7. The maximum Gasteiger partial charge on any atom is 0.125 e. The third kappa shape index (κ3) is 3.98. The summed E-state index contributed by atoms with van der Waals surface area (Å²) < 4.78 is 13.2. The summed E-state index contributed by atoms with van der Waals surface area (Å²) in [5, 5.41) is 3.55. The van der Waals surface area contributed by atoms with Crippen molar-refractivity contribution < 1.29 is 4.39 Å². The Labute approximate surface area is 109 Å². The maximum absolute atomic E-state index is 13.2. The summed E-state index contributed by atoms with van der Waals surface area (Å²) in [5.74, 6) is 0.420. The van der Waals surface area contributed by atoms with Gasteiger partial charge < -0.3 is 10.2 Å². The van der Waals surface area contributed by atoms with Crippen molar-refractivity contribution in [2.24, 2.45) is 5.92 Å². The van der Waals surface area contributed by atoms with Crippen molar-refractivity contribution in [3.8, 4) is 0 Å². The van der Waals surface area contributed by atoms with Crippen LogP contribution in [0.25, 0.3) is 0 Å². The molecule has 0 aromatic heterocycles. The van der Waals surface area contributed by atoms with Crippen LogP contribution in [0.3, 0.4) is 0 Å². The molecule has 18 heavy (non-hydrogen) atoms. The van der Waals surface area contributed by atoms with E-state index in [1.54, 1.807) is 12.1 Å². The quantitative estimate of drug-likeness (QED) is 0.800. The molecule has 0 amide bonds. The third-order valence-electron chi connectivity index (χ3n) is 3.42. The SMILES string of the molecule is CCN(CC(C)CNC1CC1)c1cccc(F)c1. The lowest BCUT2D eigenvalue weighted by Crippen LogP contribution is -2.34. The molecule has 2 rings (SSSR count). The highest BCUT2D eigenvalue weighted by atomic mass is 19.1. The molecule has 0 radical (unpaired) electrons.